The Morgan fingerprint density at radius 2 is 2.08 bits per heavy atom. The molecule has 1 unspecified atom stereocenters. The lowest BCUT2D eigenvalue weighted by molar-refractivity contribution is 0.440. The van der Waals surface area contributed by atoms with E-state index in [0.29, 0.717) is 0 Å². The largest absolute Gasteiger partial charge is 0.213 e. The van der Waals surface area contributed by atoms with Gasteiger partial charge in [-0.15, -0.1) is 0 Å². The molecule has 0 radical (unpaired) electrons. The summed E-state index contributed by atoms with van der Waals surface area (Å²) in [4.78, 5) is 0. The minimum atomic E-state index is -3.12. The number of nitrogens with zero attached hydrogens (tertiary/aromatic N) is 2. The zero-order chi connectivity index (χ0) is 9.78. The molecule has 0 aliphatic carbocycles. The van der Waals surface area contributed by atoms with E-state index in [1.54, 1.807) is 13.8 Å². The third-order valence-electron chi connectivity index (χ3n) is 1.59. The van der Waals surface area contributed by atoms with Gasteiger partial charge in [-0.05, 0) is 13.8 Å². The minimum absolute atomic E-state index is 0.0850. The molecule has 4 nitrogen and oxygen atoms in total. The lowest BCUT2D eigenvalue weighted by Crippen LogP contribution is -2.31. The van der Waals surface area contributed by atoms with Crippen molar-refractivity contribution in [2.75, 3.05) is 19.3 Å². The van der Waals surface area contributed by atoms with Crippen LogP contribution in [-0.2, 0) is 10.0 Å². The van der Waals surface area contributed by atoms with Crippen LogP contribution in [0.3, 0.4) is 0 Å². The fourth-order valence-electron chi connectivity index (χ4n) is 0.760. The van der Waals surface area contributed by atoms with Gasteiger partial charge in [0.1, 0.15) is 0 Å². The standard InChI is InChI=1S/C7H14N2O2S/c1-4-12(10,11)9(3)6-7(2)5-8/h7H,4,6H2,1-3H3. The molecule has 0 saturated carbocycles. The Labute approximate surface area is 73.8 Å². The molecule has 0 spiro atoms. The molecular formula is C7H14N2O2S. The van der Waals surface area contributed by atoms with Crippen LogP contribution in [0.5, 0.6) is 0 Å². The molecule has 0 N–H and O–H groups in total. The van der Waals surface area contributed by atoms with E-state index in [1.165, 1.54) is 11.4 Å². The number of hydrogen-bond acceptors (Lipinski definition) is 3. The number of nitriles is 1. The van der Waals surface area contributed by atoms with Crippen molar-refractivity contribution in [1.29, 1.82) is 5.26 Å². The van der Waals surface area contributed by atoms with Gasteiger partial charge >= 0.3 is 0 Å². The van der Waals surface area contributed by atoms with Gasteiger partial charge in [-0.2, -0.15) is 5.26 Å². The Morgan fingerprint density at radius 3 is 2.42 bits per heavy atom. The van der Waals surface area contributed by atoms with Crippen molar-refractivity contribution in [3.63, 3.8) is 0 Å². The van der Waals surface area contributed by atoms with Gasteiger partial charge < -0.3 is 0 Å². The molecule has 0 aliphatic rings. The highest BCUT2D eigenvalue weighted by molar-refractivity contribution is 7.89. The van der Waals surface area contributed by atoms with Crippen LogP contribution in [0.2, 0.25) is 0 Å². The van der Waals surface area contributed by atoms with E-state index < -0.39 is 10.0 Å². The quantitative estimate of drug-likeness (QED) is 0.645. The first-order valence-corrected chi connectivity index (χ1v) is 5.38. The molecule has 12 heavy (non-hydrogen) atoms. The number of hydrogen-bond donors (Lipinski definition) is 0. The topological polar surface area (TPSA) is 61.2 Å². The van der Waals surface area contributed by atoms with Gasteiger partial charge in [-0.25, -0.2) is 12.7 Å². The van der Waals surface area contributed by atoms with Crippen LogP contribution in [-0.4, -0.2) is 32.1 Å². The normalized spacial score (nSPS) is 14.2. The summed E-state index contributed by atoms with van der Waals surface area (Å²) >= 11 is 0. The minimum Gasteiger partial charge on any atom is -0.212 e. The smallest absolute Gasteiger partial charge is 0.212 e. The highest BCUT2D eigenvalue weighted by Crippen LogP contribution is 2.02. The molecule has 0 aliphatic heterocycles. The summed E-state index contributed by atoms with van der Waals surface area (Å²) in [6.07, 6.45) is 0. The number of rotatable bonds is 4. The lowest BCUT2D eigenvalue weighted by Gasteiger charge is -2.16. The van der Waals surface area contributed by atoms with Crippen molar-refractivity contribution in [1.82, 2.24) is 4.31 Å². The van der Waals surface area contributed by atoms with Crippen molar-refractivity contribution in [2.24, 2.45) is 5.92 Å². The molecule has 0 amide bonds. The molecule has 0 aromatic rings. The Hall–Kier alpha value is -0.600. The zero-order valence-electron chi connectivity index (χ0n) is 7.61. The van der Waals surface area contributed by atoms with Gasteiger partial charge in [-0.1, -0.05) is 0 Å². The third kappa shape index (κ3) is 3.20. The summed E-state index contributed by atoms with van der Waals surface area (Å²) < 4.78 is 23.6. The highest BCUT2D eigenvalue weighted by atomic mass is 32.2. The molecule has 0 bridgehead atoms. The van der Waals surface area contributed by atoms with Gasteiger partial charge in [-0.3, -0.25) is 0 Å². The Balaban J connectivity index is 4.25. The summed E-state index contributed by atoms with van der Waals surface area (Å²) in [5.74, 6) is -0.168. The lowest BCUT2D eigenvalue weighted by atomic mass is 10.2. The maximum Gasteiger partial charge on any atom is 0.213 e. The Bertz CT molecular complexity index is 266. The van der Waals surface area contributed by atoms with Crippen LogP contribution in [0.1, 0.15) is 13.8 Å². The molecule has 0 saturated heterocycles. The molecular weight excluding hydrogens is 176 g/mol. The third-order valence-corrected chi connectivity index (χ3v) is 3.42. The second kappa shape index (κ2) is 4.43. The van der Waals surface area contributed by atoms with Crippen molar-refractivity contribution < 1.29 is 8.42 Å². The summed E-state index contributed by atoms with van der Waals surface area (Å²) in [5, 5.41) is 8.45. The second-order valence-electron chi connectivity index (χ2n) is 2.71. The number of sulfonamides is 1. The molecule has 0 fully saturated rings. The van der Waals surface area contributed by atoms with Crippen molar-refractivity contribution in [2.45, 2.75) is 13.8 Å². The Kier molecular flexibility index (Phi) is 4.21. The van der Waals surface area contributed by atoms with Crippen LogP contribution in [0.15, 0.2) is 0 Å². The predicted molar refractivity (Wildman–Crippen MR) is 46.9 cm³/mol. The summed E-state index contributed by atoms with van der Waals surface area (Å²) in [6, 6.07) is 1.99. The van der Waals surface area contributed by atoms with E-state index in [9.17, 15) is 8.42 Å². The van der Waals surface area contributed by atoms with Crippen molar-refractivity contribution >= 4 is 10.0 Å². The van der Waals surface area contributed by atoms with E-state index >= 15 is 0 Å². The van der Waals surface area contributed by atoms with E-state index in [1.807, 2.05) is 6.07 Å². The molecule has 5 heteroatoms. The molecule has 0 rings (SSSR count). The SMILES string of the molecule is CCS(=O)(=O)N(C)CC(C)C#N. The molecule has 1 atom stereocenters. The molecule has 0 aromatic heterocycles. The summed E-state index contributed by atoms with van der Waals surface area (Å²) in [5.41, 5.74) is 0. The maximum atomic E-state index is 11.2. The van der Waals surface area contributed by atoms with Crippen molar-refractivity contribution in [3.8, 4) is 6.07 Å². The van der Waals surface area contributed by atoms with Gasteiger partial charge in [0.25, 0.3) is 0 Å². The highest BCUT2D eigenvalue weighted by Gasteiger charge is 2.16. The predicted octanol–water partition coefficient (Wildman–Crippen LogP) is 0.428. The first-order chi connectivity index (χ1) is 5.44. The van der Waals surface area contributed by atoms with Crippen LogP contribution < -0.4 is 0 Å². The summed E-state index contributed by atoms with van der Waals surface area (Å²) in [6.45, 7) is 3.55. The average Bonchev–Trinajstić information content (AvgIpc) is 2.04. The van der Waals surface area contributed by atoms with Crippen LogP contribution in [0.25, 0.3) is 0 Å². The fraction of sp³-hybridized carbons (Fsp3) is 0.857. The van der Waals surface area contributed by atoms with Crippen LogP contribution in [0.4, 0.5) is 0 Å². The summed E-state index contributed by atoms with van der Waals surface area (Å²) in [7, 11) is -1.63. The van der Waals surface area contributed by atoms with Gasteiger partial charge in [0.05, 0.1) is 17.7 Å². The average molecular weight is 190 g/mol. The fourth-order valence-corrected chi connectivity index (χ4v) is 1.65. The second-order valence-corrected chi connectivity index (χ2v) is 5.08. The van der Waals surface area contributed by atoms with Gasteiger partial charge in [0.15, 0.2) is 0 Å². The zero-order valence-corrected chi connectivity index (χ0v) is 8.43. The van der Waals surface area contributed by atoms with E-state index in [-0.39, 0.29) is 18.2 Å². The van der Waals surface area contributed by atoms with Crippen LogP contribution in [0, 0.1) is 17.2 Å². The monoisotopic (exact) mass is 190 g/mol. The first kappa shape index (κ1) is 11.4. The van der Waals surface area contributed by atoms with Gasteiger partial charge in [0.2, 0.25) is 10.0 Å². The first-order valence-electron chi connectivity index (χ1n) is 3.77. The molecule has 70 valence electrons. The molecule has 0 heterocycles. The van der Waals surface area contributed by atoms with E-state index in [0.717, 1.165) is 0 Å². The van der Waals surface area contributed by atoms with E-state index in [4.69, 9.17) is 5.26 Å². The van der Waals surface area contributed by atoms with Gasteiger partial charge in [0, 0.05) is 13.6 Å². The van der Waals surface area contributed by atoms with Crippen LogP contribution >= 0.6 is 0 Å². The Morgan fingerprint density at radius 1 is 1.58 bits per heavy atom. The maximum absolute atomic E-state index is 11.2. The molecule has 0 aromatic carbocycles. The van der Waals surface area contributed by atoms with E-state index in [2.05, 4.69) is 0 Å². The van der Waals surface area contributed by atoms with Crippen molar-refractivity contribution in [3.05, 3.63) is 0 Å².